The maximum Gasteiger partial charge on any atom is 0.0379 e. The number of benzene rings is 1. The van der Waals surface area contributed by atoms with Crippen molar-refractivity contribution < 1.29 is 0 Å². The van der Waals surface area contributed by atoms with Crippen LogP contribution >= 0.6 is 12.4 Å². The Morgan fingerprint density at radius 3 is 2.33 bits per heavy atom. The molecule has 0 unspecified atom stereocenters. The molecule has 1 aromatic carbocycles. The molecule has 15 heavy (non-hydrogen) atoms. The van der Waals surface area contributed by atoms with Gasteiger partial charge in [-0.3, -0.25) is 4.90 Å². The van der Waals surface area contributed by atoms with E-state index in [4.69, 9.17) is 0 Å². The topological polar surface area (TPSA) is 3.24 Å². The third-order valence-electron chi connectivity index (χ3n) is 4.14. The Balaban J connectivity index is 0.000000853. The summed E-state index contributed by atoms with van der Waals surface area (Å²) in [5.74, 6) is 1.92. The molecule has 1 saturated carbocycles. The zero-order valence-electron chi connectivity index (χ0n) is 9.26. The fraction of sp³-hybridized carbons (Fsp3) is 0.538. The summed E-state index contributed by atoms with van der Waals surface area (Å²) in [5, 5.41) is 0. The zero-order chi connectivity index (χ0) is 9.71. The molecule has 4 atom stereocenters. The Labute approximate surface area is 97.9 Å². The van der Waals surface area contributed by atoms with E-state index >= 15 is 0 Å². The van der Waals surface area contributed by atoms with Crippen LogP contribution in [0.15, 0.2) is 30.3 Å². The van der Waals surface area contributed by atoms with Crippen LogP contribution in [-0.2, 0) is 0 Å². The third-order valence-corrected chi connectivity index (χ3v) is 4.14. The number of hydrogen-bond acceptors (Lipinski definition) is 1. The molecule has 1 heterocycles. The molecule has 1 saturated heterocycles. The van der Waals surface area contributed by atoms with E-state index in [2.05, 4.69) is 49.2 Å². The molecule has 2 heteroatoms. The minimum Gasteiger partial charge on any atom is -0.296 e. The summed E-state index contributed by atoms with van der Waals surface area (Å²) in [4.78, 5) is 2.55. The highest BCUT2D eigenvalue weighted by Gasteiger charge is 2.55. The minimum absolute atomic E-state index is 0. The molecule has 1 aliphatic heterocycles. The van der Waals surface area contributed by atoms with Crippen molar-refractivity contribution in [2.24, 2.45) is 11.8 Å². The monoisotopic (exact) mass is 223 g/mol. The van der Waals surface area contributed by atoms with Gasteiger partial charge in [0.2, 0.25) is 0 Å². The van der Waals surface area contributed by atoms with Crippen LogP contribution in [-0.4, -0.2) is 18.0 Å². The van der Waals surface area contributed by atoms with Gasteiger partial charge in [-0.05, 0) is 37.8 Å². The van der Waals surface area contributed by atoms with Crippen LogP contribution in [0.25, 0.3) is 0 Å². The molecular weight excluding hydrogens is 206 g/mol. The maximum atomic E-state index is 2.55. The summed E-state index contributed by atoms with van der Waals surface area (Å²) < 4.78 is 0. The zero-order valence-corrected chi connectivity index (χ0v) is 10.1. The van der Waals surface area contributed by atoms with E-state index in [1.54, 1.807) is 0 Å². The van der Waals surface area contributed by atoms with Gasteiger partial charge in [0, 0.05) is 12.1 Å². The lowest BCUT2D eigenvalue weighted by Crippen LogP contribution is -2.29. The number of hydrogen-bond donors (Lipinski definition) is 0. The van der Waals surface area contributed by atoms with Crippen molar-refractivity contribution in [3.05, 3.63) is 35.9 Å². The second-order valence-electron chi connectivity index (χ2n) is 4.83. The van der Waals surface area contributed by atoms with Gasteiger partial charge in [0.05, 0.1) is 0 Å². The highest BCUT2D eigenvalue weighted by Crippen LogP contribution is 2.58. The van der Waals surface area contributed by atoms with Crippen molar-refractivity contribution in [1.82, 2.24) is 4.90 Å². The Morgan fingerprint density at radius 2 is 1.80 bits per heavy atom. The normalized spacial score (nSPS) is 38.3. The standard InChI is InChI=1S/C13H17N.ClH/c1-9-11-8-12(11)13(14(9)2)10-6-4-3-5-7-10;/h3-7,9,11-13H,8H2,1-2H3;1H/t9-,11+,12+,13-;/m1./s1. The molecule has 1 aromatic rings. The lowest BCUT2D eigenvalue weighted by Gasteiger charge is -2.27. The number of piperidine rings is 1. The third kappa shape index (κ3) is 1.58. The number of rotatable bonds is 1. The SMILES string of the molecule is C[C@@H]1[C@@H]2C[C@@H]2[C@@H](c2ccccc2)N1C.Cl. The molecule has 0 bridgehead atoms. The maximum absolute atomic E-state index is 2.55. The van der Waals surface area contributed by atoms with Crippen molar-refractivity contribution in [3.63, 3.8) is 0 Å². The van der Waals surface area contributed by atoms with Gasteiger partial charge in [-0.1, -0.05) is 30.3 Å². The van der Waals surface area contributed by atoms with Gasteiger partial charge in [-0.25, -0.2) is 0 Å². The second-order valence-corrected chi connectivity index (χ2v) is 4.83. The molecule has 0 N–H and O–H groups in total. The lowest BCUT2D eigenvalue weighted by atomic mass is 10.0. The van der Waals surface area contributed by atoms with Gasteiger partial charge in [0.25, 0.3) is 0 Å². The number of likely N-dealkylation sites (tertiary alicyclic amines) is 1. The van der Waals surface area contributed by atoms with E-state index in [1.165, 1.54) is 12.0 Å². The molecule has 1 nitrogen and oxygen atoms in total. The average molecular weight is 224 g/mol. The summed E-state index contributed by atoms with van der Waals surface area (Å²) in [6.45, 7) is 2.37. The van der Waals surface area contributed by atoms with Gasteiger partial charge in [0.15, 0.2) is 0 Å². The van der Waals surface area contributed by atoms with Gasteiger partial charge < -0.3 is 0 Å². The molecular formula is C13H18ClN. The van der Waals surface area contributed by atoms with Gasteiger partial charge in [-0.2, -0.15) is 0 Å². The van der Waals surface area contributed by atoms with Crippen molar-refractivity contribution in [1.29, 1.82) is 0 Å². The molecule has 3 rings (SSSR count). The van der Waals surface area contributed by atoms with Gasteiger partial charge in [-0.15, -0.1) is 12.4 Å². The Kier molecular flexibility index (Phi) is 2.78. The van der Waals surface area contributed by atoms with Crippen molar-refractivity contribution in [2.45, 2.75) is 25.4 Å². The molecule has 0 spiro atoms. The first kappa shape index (κ1) is 11.0. The molecule has 1 aliphatic carbocycles. The number of fused-ring (bicyclic) bond motifs is 1. The second kappa shape index (κ2) is 3.80. The highest BCUT2D eigenvalue weighted by atomic mass is 35.5. The van der Waals surface area contributed by atoms with Crippen molar-refractivity contribution >= 4 is 12.4 Å². The smallest absolute Gasteiger partial charge is 0.0379 e. The van der Waals surface area contributed by atoms with Crippen LogP contribution in [0.1, 0.15) is 24.9 Å². The number of nitrogens with zero attached hydrogens (tertiary/aromatic N) is 1. The van der Waals surface area contributed by atoms with Crippen LogP contribution in [0.2, 0.25) is 0 Å². The fourth-order valence-electron chi connectivity index (χ4n) is 3.14. The summed E-state index contributed by atoms with van der Waals surface area (Å²) in [7, 11) is 2.27. The summed E-state index contributed by atoms with van der Waals surface area (Å²) >= 11 is 0. The molecule has 0 aromatic heterocycles. The van der Waals surface area contributed by atoms with E-state index in [-0.39, 0.29) is 12.4 Å². The van der Waals surface area contributed by atoms with E-state index in [0.717, 1.165) is 17.9 Å². The lowest BCUT2D eigenvalue weighted by molar-refractivity contribution is 0.214. The van der Waals surface area contributed by atoms with Crippen LogP contribution in [0.5, 0.6) is 0 Å². The van der Waals surface area contributed by atoms with E-state index in [9.17, 15) is 0 Å². The van der Waals surface area contributed by atoms with Crippen LogP contribution in [0, 0.1) is 11.8 Å². The molecule has 82 valence electrons. The Morgan fingerprint density at radius 1 is 1.13 bits per heavy atom. The molecule has 2 fully saturated rings. The van der Waals surface area contributed by atoms with Crippen molar-refractivity contribution in [2.75, 3.05) is 7.05 Å². The molecule has 2 aliphatic rings. The molecule has 0 amide bonds. The Hall–Kier alpha value is -0.530. The van der Waals surface area contributed by atoms with Crippen LogP contribution < -0.4 is 0 Å². The summed E-state index contributed by atoms with van der Waals surface area (Å²) in [5.41, 5.74) is 1.51. The summed E-state index contributed by atoms with van der Waals surface area (Å²) in [6, 6.07) is 12.4. The predicted octanol–water partition coefficient (Wildman–Crippen LogP) is 3.12. The first-order valence-electron chi connectivity index (χ1n) is 5.56. The van der Waals surface area contributed by atoms with Gasteiger partial charge in [0.1, 0.15) is 0 Å². The predicted molar refractivity (Wildman–Crippen MR) is 65.3 cm³/mol. The van der Waals surface area contributed by atoms with E-state index < -0.39 is 0 Å². The van der Waals surface area contributed by atoms with Crippen molar-refractivity contribution in [3.8, 4) is 0 Å². The van der Waals surface area contributed by atoms with E-state index in [0.29, 0.717) is 6.04 Å². The first-order chi connectivity index (χ1) is 6.79. The van der Waals surface area contributed by atoms with E-state index in [1.807, 2.05) is 0 Å². The average Bonchev–Trinajstić information content (AvgIpc) is 2.94. The van der Waals surface area contributed by atoms with Crippen LogP contribution in [0.4, 0.5) is 0 Å². The molecule has 0 radical (unpaired) electrons. The number of halogens is 1. The highest BCUT2D eigenvalue weighted by molar-refractivity contribution is 5.85. The minimum atomic E-state index is 0. The quantitative estimate of drug-likeness (QED) is 0.707. The summed E-state index contributed by atoms with van der Waals surface area (Å²) in [6.07, 6.45) is 1.45. The largest absolute Gasteiger partial charge is 0.296 e. The first-order valence-corrected chi connectivity index (χ1v) is 5.56. The van der Waals surface area contributed by atoms with Crippen LogP contribution in [0.3, 0.4) is 0 Å². The van der Waals surface area contributed by atoms with Gasteiger partial charge >= 0.3 is 0 Å². The fourth-order valence-corrected chi connectivity index (χ4v) is 3.14. The Bertz CT molecular complexity index is 338.